The summed E-state index contributed by atoms with van der Waals surface area (Å²) in [6.07, 6.45) is 3.01. The molecule has 0 aliphatic carbocycles. The van der Waals surface area contributed by atoms with E-state index in [0.29, 0.717) is 13.0 Å². The van der Waals surface area contributed by atoms with Crippen LogP contribution in [0.25, 0.3) is 0 Å². The molecule has 19 heavy (non-hydrogen) atoms. The van der Waals surface area contributed by atoms with Crippen molar-refractivity contribution in [3.63, 3.8) is 0 Å². The molecule has 0 aliphatic rings. The lowest BCUT2D eigenvalue weighted by Crippen LogP contribution is -2.40. The number of nitrogens with one attached hydrogen (secondary N) is 1. The minimum absolute atomic E-state index is 0.146. The van der Waals surface area contributed by atoms with E-state index in [0.717, 1.165) is 12.2 Å². The van der Waals surface area contributed by atoms with Crippen LogP contribution in [0.2, 0.25) is 0 Å². The van der Waals surface area contributed by atoms with Crippen LogP contribution in [-0.2, 0) is 17.8 Å². The third-order valence-corrected chi connectivity index (χ3v) is 2.94. The number of nitrogens with two attached hydrogens (primary N) is 1. The smallest absolute Gasteiger partial charge is 0.237 e. The second kappa shape index (κ2) is 6.75. The molecular formula is C15H18N2O2. The van der Waals surface area contributed by atoms with Gasteiger partial charge >= 0.3 is 0 Å². The molecule has 1 atom stereocenters. The molecule has 0 fully saturated rings. The van der Waals surface area contributed by atoms with E-state index in [2.05, 4.69) is 5.32 Å². The first-order chi connectivity index (χ1) is 9.25. The zero-order valence-electron chi connectivity index (χ0n) is 10.7. The standard InChI is InChI=1S/C15H18N2O2/c16-14(9-8-12-5-2-1-3-6-12)15(18)17-11-13-7-4-10-19-13/h1-7,10,14H,8-9,11,16H2,(H,17,18). The number of rotatable bonds is 6. The Bertz CT molecular complexity index is 494. The molecule has 4 heteroatoms. The van der Waals surface area contributed by atoms with Crippen LogP contribution < -0.4 is 11.1 Å². The van der Waals surface area contributed by atoms with Crippen LogP contribution in [0.15, 0.2) is 53.1 Å². The van der Waals surface area contributed by atoms with Crippen LogP contribution in [0.4, 0.5) is 0 Å². The van der Waals surface area contributed by atoms with Gasteiger partial charge < -0.3 is 15.5 Å². The summed E-state index contributed by atoms with van der Waals surface area (Å²) >= 11 is 0. The van der Waals surface area contributed by atoms with Gasteiger partial charge in [-0.2, -0.15) is 0 Å². The van der Waals surface area contributed by atoms with E-state index in [4.69, 9.17) is 10.2 Å². The van der Waals surface area contributed by atoms with Crippen LogP contribution in [-0.4, -0.2) is 11.9 Å². The lowest BCUT2D eigenvalue weighted by atomic mass is 10.1. The average Bonchev–Trinajstić information content (AvgIpc) is 2.96. The normalized spacial score (nSPS) is 12.1. The van der Waals surface area contributed by atoms with Gasteiger partial charge in [-0.1, -0.05) is 30.3 Å². The molecule has 2 rings (SSSR count). The Kier molecular flexibility index (Phi) is 4.75. The summed E-state index contributed by atoms with van der Waals surface area (Å²) in [6.45, 7) is 0.380. The Balaban J connectivity index is 1.73. The van der Waals surface area contributed by atoms with E-state index in [9.17, 15) is 4.79 Å². The Hall–Kier alpha value is -2.07. The zero-order valence-corrected chi connectivity index (χ0v) is 10.7. The molecule has 0 bridgehead atoms. The fourth-order valence-corrected chi connectivity index (χ4v) is 1.82. The number of aryl methyl sites for hydroxylation is 1. The monoisotopic (exact) mass is 258 g/mol. The lowest BCUT2D eigenvalue weighted by Gasteiger charge is -2.11. The van der Waals surface area contributed by atoms with E-state index in [1.165, 1.54) is 5.56 Å². The second-order valence-corrected chi connectivity index (χ2v) is 4.43. The lowest BCUT2D eigenvalue weighted by molar-refractivity contribution is -0.122. The SMILES string of the molecule is NC(CCc1ccccc1)C(=O)NCc1ccco1. The van der Waals surface area contributed by atoms with Crippen LogP contribution >= 0.6 is 0 Å². The summed E-state index contributed by atoms with van der Waals surface area (Å²) < 4.78 is 5.14. The molecule has 2 aromatic rings. The molecule has 3 N–H and O–H groups in total. The molecule has 1 amide bonds. The molecule has 100 valence electrons. The topological polar surface area (TPSA) is 68.3 Å². The fraction of sp³-hybridized carbons (Fsp3) is 0.267. The molecule has 0 saturated heterocycles. The van der Waals surface area contributed by atoms with Crippen molar-refractivity contribution in [2.75, 3.05) is 0 Å². The summed E-state index contributed by atoms with van der Waals surface area (Å²) in [4.78, 5) is 11.8. The van der Waals surface area contributed by atoms with Crippen LogP contribution in [0.3, 0.4) is 0 Å². The fourth-order valence-electron chi connectivity index (χ4n) is 1.82. The van der Waals surface area contributed by atoms with Gasteiger partial charge in [0.05, 0.1) is 18.8 Å². The third kappa shape index (κ3) is 4.26. The summed E-state index contributed by atoms with van der Waals surface area (Å²) in [5, 5.41) is 2.76. The number of carbonyl (C=O) groups is 1. The van der Waals surface area contributed by atoms with Crippen molar-refractivity contribution in [2.45, 2.75) is 25.4 Å². The molecule has 0 radical (unpaired) electrons. The van der Waals surface area contributed by atoms with E-state index in [1.807, 2.05) is 36.4 Å². The molecule has 1 aromatic carbocycles. The van der Waals surface area contributed by atoms with E-state index in [1.54, 1.807) is 12.3 Å². The summed E-state index contributed by atoms with van der Waals surface area (Å²) in [5.41, 5.74) is 7.05. The number of carbonyl (C=O) groups excluding carboxylic acids is 1. The molecule has 0 aliphatic heterocycles. The van der Waals surface area contributed by atoms with Crippen LogP contribution in [0.5, 0.6) is 0 Å². The largest absolute Gasteiger partial charge is 0.467 e. The zero-order chi connectivity index (χ0) is 13.5. The van der Waals surface area contributed by atoms with Crippen molar-refractivity contribution in [2.24, 2.45) is 5.73 Å². The number of amides is 1. The highest BCUT2D eigenvalue weighted by Crippen LogP contribution is 2.04. The maximum Gasteiger partial charge on any atom is 0.237 e. The van der Waals surface area contributed by atoms with Crippen molar-refractivity contribution < 1.29 is 9.21 Å². The number of hydrogen-bond donors (Lipinski definition) is 2. The molecular weight excluding hydrogens is 240 g/mol. The highest BCUT2D eigenvalue weighted by atomic mass is 16.3. The number of benzene rings is 1. The average molecular weight is 258 g/mol. The minimum atomic E-state index is -0.491. The predicted octanol–water partition coefficient (Wildman–Crippen LogP) is 1.86. The van der Waals surface area contributed by atoms with E-state index < -0.39 is 6.04 Å². The van der Waals surface area contributed by atoms with Crippen molar-refractivity contribution in [1.82, 2.24) is 5.32 Å². The first-order valence-electron chi connectivity index (χ1n) is 6.35. The van der Waals surface area contributed by atoms with Gasteiger partial charge in [-0.3, -0.25) is 4.79 Å². The van der Waals surface area contributed by atoms with Crippen molar-refractivity contribution in [3.8, 4) is 0 Å². The molecule has 1 aromatic heterocycles. The van der Waals surface area contributed by atoms with Crippen molar-refractivity contribution in [1.29, 1.82) is 0 Å². The van der Waals surface area contributed by atoms with Gasteiger partial charge in [-0.15, -0.1) is 0 Å². The molecule has 1 unspecified atom stereocenters. The second-order valence-electron chi connectivity index (χ2n) is 4.43. The molecule has 0 spiro atoms. The van der Waals surface area contributed by atoms with Crippen LogP contribution in [0.1, 0.15) is 17.7 Å². The van der Waals surface area contributed by atoms with Gasteiger partial charge in [0.15, 0.2) is 0 Å². The van der Waals surface area contributed by atoms with E-state index in [-0.39, 0.29) is 5.91 Å². The Morgan fingerprint density at radius 1 is 1.21 bits per heavy atom. The molecule has 1 heterocycles. The van der Waals surface area contributed by atoms with Gasteiger partial charge in [0.25, 0.3) is 0 Å². The maximum absolute atomic E-state index is 11.8. The first kappa shape index (κ1) is 13.4. The Morgan fingerprint density at radius 3 is 2.68 bits per heavy atom. The maximum atomic E-state index is 11.8. The van der Waals surface area contributed by atoms with Gasteiger partial charge in [-0.25, -0.2) is 0 Å². The predicted molar refractivity (Wildman–Crippen MR) is 73.3 cm³/mol. The quantitative estimate of drug-likeness (QED) is 0.831. The first-order valence-corrected chi connectivity index (χ1v) is 6.35. The van der Waals surface area contributed by atoms with Gasteiger partial charge in [-0.05, 0) is 30.5 Å². The summed E-state index contributed by atoms with van der Waals surface area (Å²) in [6, 6.07) is 13.1. The summed E-state index contributed by atoms with van der Waals surface area (Å²) in [7, 11) is 0. The molecule has 0 saturated carbocycles. The summed E-state index contributed by atoms with van der Waals surface area (Å²) in [5.74, 6) is 0.580. The minimum Gasteiger partial charge on any atom is -0.467 e. The highest BCUT2D eigenvalue weighted by Gasteiger charge is 2.13. The van der Waals surface area contributed by atoms with Crippen LogP contribution in [0, 0.1) is 0 Å². The highest BCUT2D eigenvalue weighted by molar-refractivity contribution is 5.81. The Morgan fingerprint density at radius 2 is 2.00 bits per heavy atom. The van der Waals surface area contributed by atoms with Gasteiger partial charge in [0.2, 0.25) is 5.91 Å². The van der Waals surface area contributed by atoms with Gasteiger partial charge in [0.1, 0.15) is 5.76 Å². The molecule has 4 nitrogen and oxygen atoms in total. The third-order valence-electron chi connectivity index (χ3n) is 2.94. The number of hydrogen-bond acceptors (Lipinski definition) is 3. The Labute approximate surface area is 112 Å². The number of furan rings is 1. The van der Waals surface area contributed by atoms with Crippen molar-refractivity contribution >= 4 is 5.91 Å². The van der Waals surface area contributed by atoms with Crippen molar-refractivity contribution in [3.05, 3.63) is 60.1 Å². The van der Waals surface area contributed by atoms with Gasteiger partial charge in [0, 0.05) is 0 Å². The van der Waals surface area contributed by atoms with E-state index >= 15 is 0 Å².